The van der Waals surface area contributed by atoms with Gasteiger partial charge in [-0.25, -0.2) is 13.1 Å². The average Bonchev–Trinajstić information content (AvgIpc) is 3.28. The Hall–Kier alpha value is -1.40. The maximum Gasteiger partial charge on any atom is 0.253 e. The van der Waals surface area contributed by atoms with E-state index in [1.807, 2.05) is 6.92 Å². The zero-order valence-corrected chi connectivity index (χ0v) is 14.4. The van der Waals surface area contributed by atoms with Crippen molar-refractivity contribution in [2.45, 2.75) is 50.6 Å². The summed E-state index contributed by atoms with van der Waals surface area (Å²) in [5.74, 6) is 0.435. The van der Waals surface area contributed by atoms with Crippen LogP contribution < -0.4 is 4.72 Å². The number of hydrogen-bond acceptors (Lipinski definition) is 3. The molecular weight excluding hydrogens is 300 g/mol. The number of rotatable bonds is 6. The molecule has 2 rings (SSSR count). The predicted octanol–water partition coefficient (Wildman–Crippen LogP) is 2.24. The summed E-state index contributed by atoms with van der Waals surface area (Å²) in [6.07, 6.45) is 2.32. The molecule has 0 bridgehead atoms. The van der Waals surface area contributed by atoms with Gasteiger partial charge in [-0.05, 0) is 57.7 Å². The van der Waals surface area contributed by atoms with Gasteiger partial charge in [-0.3, -0.25) is 4.79 Å². The molecule has 0 heterocycles. The van der Waals surface area contributed by atoms with Gasteiger partial charge in [-0.15, -0.1) is 0 Å². The fourth-order valence-electron chi connectivity index (χ4n) is 2.46. The summed E-state index contributed by atoms with van der Waals surface area (Å²) in [6, 6.07) is 6.21. The Balaban J connectivity index is 2.22. The SMILES string of the molecule is CC(C)NS(=O)(=O)c1cccc(C(=O)N(C)C(C)C2CC2)c1. The van der Waals surface area contributed by atoms with Crippen LogP contribution in [0.3, 0.4) is 0 Å². The Morgan fingerprint density at radius 2 is 1.91 bits per heavy atom. The minimum absolute atomic E-state index is 0.125. The van der Waals surface area contributed by atoms with E-state index >= 15 is 0 Å². The average molecular weight is 324 g/mol. The number of amides is 1. The molecule has 1 saturated carbocycles. The Morgan fingerprint density at radius 1 is 1.27 bits per heavy atom. The second-order valence-corrected chi connectivity index (χ2v) is 8.01. The number of benzene rings is 1. The molecule has 0 aromatic heterocycles. The highest BCUT2D eigenvalue weighted by molar-refractivity contribution is 7.89. The van der Waals surface area contributed by atoms with E-state index in [1.165, 1.54) is 12.1 Å². The van der Waals surface area contributed by atoms with Crippen molar-refractivity contribution >= 4 is 15.9 Å². The number of sulfonamides is 1. The number of nitrogens with one attached hydrogen (secondary N) is 1. The number of carbonyl (C=O) groups excluding carboxylic acids is 1. The summed E-state index contributed by atoms with van der Waals surface area (Å²) in [7, 11) is -1.81. The molecule has 0 radical (unpaired) electrons. The van der Waals surface area contributed by atoms with E-state index in [-0.39, 0.29) is 22.9 Å². The van der Waals surface area contributed by atoms with Crippen molar-refractivity contribution in [2.75, 3.05) is 7.05 Å². The van der Waals surface area contributed by atoms with E-state index in [0.717, 1.165) is 12.8 Å². The van der Waals surface area contributed by atoms with Gasteiger partial charge in [0.25, 0.3) is 5.91 Å². The summed E-state index contributed by atoms with van der Waals surface area (Å²) in [4.78, 5) is 14.4. The minimum Gasteiger partial charge on any atom is -0.339 e. The van der Waals surface area contributed by atoms with Crippen LogP contribution in [0.4, 0.5) is 0 Å². The molecule has 0 aliphatic heterocycles. The molecule has 0 saturated heterocycles. The van der Waals surface area contributed by atoms with Gasteiger partial charge in [0.2, 0.25) is 10.0 Å². The predicted molar refractivity (Wildman–Crippen MR) is 86.2 cm³/mol. The first-order valence-electron chi connectivity index (χ1n) is 7.62. The fraction of sp³-hybridized carbons (Fsp3) is 0.562. The second-order valence-electron chi connectivity index (χ2n) is 6.30. The van der Waals surface area contributed by atoms with Crippen LogP contribution in [0.15, 0.2) is 29.2 Å². The van der Waals surface area contributed by atoms with Crippen LogP contribution in [-0.4, -0.2) is 38.4 Å². The maximum atomic E-state index is 12.5. The van der Waals surface area contributed by atoms with Crippen molar-refractivity contribution in [1.29, 1.82) is 0 Å². The Bertz CT molecular complexity index is 651. The largest absolute Gasteiger partial charge is 0.339 e. The molecule has 1 fully saturated rings. The van der Waals surface area contributed by atoms with Crippen molar-refractivity contribution < 1.29 is 13.2 Å². The minimum atomic E-state index is -3.59. The molecule has 1 aliphatic carbocycles. The van der Waals surface area contributed by atoms with E-state index in [4.69, 9.17) is 0 Å². The van der Waals surface area contributed by atoms with Gasteiger partial charge < -0.3 is 4.90 Å². The monoisotopic (exact) mass is 324 g/mol. The highest BCUT2D eigenvalue weighted by atomic mass is 32.2. The quantitative estimate of drug-likeness (QED) is 0.873. The van der Waals surface area contributed by atoms with Crippen molar-refractivity contribution in [1.82, 2.24) is 9.62 Å². The maximum absolute atomic E-state index is 12.5. The highest BCUT2D eigenvalue weighted by Crippen LogP contribution is 2.35. The molecular formula is C16H24N2O3S. The van der Waals surface area contributed by atoms with Crippen LogP contribution in [0.5, 0.6) is 0 Å². The molecule has 22 heavy (non-hydrogen) atoms. The van der Waals surface area contributed by atoms with Crippen molar-refractivity contribution in [3.63, 3.8) is 0 Å². The zero-order valence-electron chi connectivity index (χ0n) is 13.5. The molecule has 1 aromatic carbocycles. The third-order valence-corrected chi connectivity index (χ3v) is 5.67. The van der Waals surface area contributed by atoms with Gasteiger partial charge in [0.1, 0.15) is 0 Å². The molecule has 122 valence electrons. The summed E-state index contributed by atoms with van der Waals surface area (Å²) < 4.78 is 26.9. The van der Waals surface area contributed by atoms with Crippen LogP contribution >= 0.6 is 0 Å². The third-order valence-electron chi connectivity index (χ3n) is 4.02. The standard InChI is InChI=1S/C16H24N2O3S/c1-11(2)17-22(20,21)15-7-5-6-14(10-15)16(19)18(4)12(3)13-8-9-13/h5-7,10-13,17H,8-9H2,1-4H3. The van der Waals surface area contributed by atoms with Gasteiger partial charge in [0.05, 0.1) is 4.90 Å². The first kappa shape index (κ1) is 17.0. The molecule has 5 nitrogen and oxygen atoms in total. The van der Waals surface area contributed by atoms with Crippen molar-refractivity contribution in [3.05, 3.63) is 29.8 Å². The fourth-order valence-corrected chi connectivity index (χ4v) is 3.75. The van der Waals surface area contributed by atoms with Gasteiger partial charge in [-0.2, -0.15) is 0 Å². The Labute approximate surface area is 132 Å². The van der Waals surface area contributed by atoms with Crippen molar-refractivity contribution in [2.24, 2.45) is 5.92 Å². The normalized spacial score (nSPS) is 16.6. The van der Waals surface area contributed by atoms with Gasteiger partial charge in [-0.1, -0.05) is 6.07 Å². The molecule has 1 N–H and O–H groups in total. The highest BCUT2D eigenvalue weighted by Gasteiger charge is 2.32. The van der Waals surface area contributed by atoms with Crippen LogP contribution in [-0.2, 0) is 10.0 Å². The lowest BCUT2D eigenvalue weighted by molar-refractivity contribution is 0.0727. The second kappa shape index (κ2) is 6.38. The van der Waals surface area contributed by atoms with Crippen LogP contribution in [0.25, 0.3) is 0 Å². The molecule has 1 amide bonds. The van der Waals surface area contributed by atoms with Crippen LogP contribution in [0.1, 0.15) is 44.0 Å². The zero-order chi connectivity index (χ0) is 16.5. The van der Waals surface area contributed by atoms with Gasteiger partial charge in [0, 0.05) is 24.7 Å². The summed E-state index contributed by atoms with van der Waals surface area (Å²) >= 11 is 0. The molecule has 0 spiro atoms. The van der Waals surface area contributed by atoms with E-state index < -0.39 is 10.0 Å². The summed E-state index contributed by atoms with van der Waals surface area (Å²) in [6.45, 7) is 5.56. The summed E-state index contributed by atoms with van der Waals surface area (Å²) in [5, 5.41) is 0. The number of hydrogen-bond donors (Lipinski definition) is 1. The van der Waals surface area contributed by atoms with Gasteiger partial charge >= 0.3 is 0 Å². The topological polar surface area (TPSA) is 66.5 Å². The Morgan fingerprint density at radius 3 is 2.45 bits per heavy atom. The van der Waals surface area contributed by atoms with E-state index in [2.05, 4.69) is 4.72 Å². The molecule has 1 atom stereocenters. The first-order valence-corrected chi connectivity index (χ1v) is 9.10. The van der Waals surface area contributed by atoms with Crippen LogP contribution in [0.2, 0.25) is 0 Å². The lowest BCUT2D eigenvalue weighted by Crippen LogP contribution is -2.36. The Kier molecular flexibility index (Phi) is 4.92. The van der Waals surface area contributed by atoms with Crippen molar-refractivity contribution in [3.8, 4) is 0 Å². The van der Waals surface area contributed by atoms with Gasteiger partial charge in [0.15, 0.2) is 0 Å². The lowest BCUT2D eigenvalue weighted by atomic mass is 10.1. The van der Waals surface area contributed by atoms with E-state index in [9.17, 15) is 13.2 Å². The lowest BCUT2D eigenvalue weighted by Gasteiger charge is -2.25. The molecule has 1 unspecified atom stereocenters. The molecule has 6 heteroatoms. The number of nitrogens with zero attached hydrogens (tertiary/aromatic N) is 1. The van der Waals surface area contributed by atoms with Crippen LogP contribution in [0, 0.1) is 5.92 Å². The third kappa shape index (κ3) is 3.87. The van der Waals surface area contributed by atoms with E-state index in [0.29, 0.717) is 11.5 Å². The number of carbonyl (C=O) groups is 1. The first-order chi connectivity index (χ1) is 10.2. The summed E-state index contributed by atoms with van der Waals surface area (Å²) in [5.41, 5.74) is 0.404. The smallest absolute Gasteiger partial charge is 0.253 e. The molecule has 1 aromatic rings. The van der Waals surface area contributed by atoms with E-state index in [1.54, 1.807) is 37.9 Å². The molecule has 1 aliphatic rings.